The Balaban J connectivity index is 2.12. The maximum atomic E-state index is 11.9. The van der Waals surface area contributed by atoms with Gasteiger partial charge in [-0.15, -0.1) is 0 Å². The van der Waals surface area contributed by atoms with E-state index < -0.39 is 0 Å². The number of nitrogens with two attached hydrogens (primary N) is 1. The Bertz CT molecular complexity index is 383. The van der Waals surface area contributed by atoms with Gasteiger partial charge in [0.05, 0.1) is 5.54 Å². The molecule has 15 heavy (non-hydrogen) atoms. The molecule has 0 saturated heterocycles. The first kappa shape index (κ1) is 10.2. The topological polar surface area (TPSA) is 55.1 Å². The van der Waals surface area contributed by atoms with E-state index in [4.69, 9.17) is 5.73 Å². The fraction of sp³-hybridized carbons (Fsp3) is 0.417. The summed E-state index contributed by atoms with van der Waals surface area (Å²) in [7, 11) is 0. The lowest BCUT2D eigenvalue weighted by Gasteiger charge is -2.15. The van der Waals surface area contributed by atoms with Gasteiger partial charge in [-0.2, -0.15) is 0 Å². The number of hydrogen-bond donors (Lipinski definition) is 2. The molecule has 2 rings (SSSR count). The van der Waals surface area contributed by atoms with Gasteiger partial charge in [0.15, 0.2) is 0 Å². The number of rotatable bonds is 3. The molecule has 0 aliphatic heterocycles. The van der Waals surface area contributed by atoms with Crippen LogP contribution in [0.4, 0.5) is 0 Å². The third-order valence-electron chi connectivity index (χ3n) is 3.01. The van der Waals surface area contributed by atoms with Crippen LogP contribution in [0.2, 0.25) is 0 Å². The van der Waals surface area contributed by atoms with E-state index in [1.165, 1.54) is 0 Å². The van der Waals surface area contributed by atoms with Crippen molar-refractivity contribution in [1.82, 2.24) is 5.32 Å². The average Bonchev–Trinajstić information content (AvgIpc) is 2.99. The molecule has 3 heteroatoms. The zero-order valence-corrected chi connectivity index (χ0v) is 8.92. The molecule has 3 N–H and O–H groups in total. The van der Waals surface area contributed by atoms with Crippen molar-refractivity contribution < 1.29 is 4.79 Å². The van der Waals surface area contributed by atoms with Crippen molar-refractivity contribution in [3.05, 3.63) is 35.4 Å². The van der Waals surface area contributed by atoms with Crippen molar-refractivity contribution in [2.75, 3.05) is 6.54 Å². The zero-order chi connectivity index (χ0) is 10.9. The normalized spacial score (nSPS) is 17.2. The number of amides is 1. The van der Waals surface area contributed by atoms with Gasteiger partial charge in [-0.3, -0.25) is 4.79 Å². The lowest BCUT2D eigenvalue weighted by molar-refractivity contribution is 0.0932. The Morgan fingerprint density at radius 3 is 2.67 bits per heavy atom. The summed E-state index contributed by atoms with van der Waals surface area (Å²) in [6.07, 6.45) is 2.00. The molecule has 1 amide bonds. The lowest BCUT2D eigenvalue weighted by Crippen LogP contribution is -2.42. The number of benzene rings is 1. The third-order valence-corrected chi connectivity index (χ3v) is 3.01. The number of carbonyl (C=O) groups excluding carboxylic acids is 1. The number of carbonyl (C=O) groups is 1. The van der Waals surface area contributed by atoms with Crippen LogP contribution in [0.1, 0.15) is 28.8 Å². The molecule has 0 bridgehead atoms. The van der Waals surface area contributed by atoms with E-state index in [2.05, 4.69) is 5.32 Å². The maximum absolute atomic E-state index is 11.9. The number of hydrogen-bond acceptors (Lipinski definition) is 2. The highest BCUT2D eigenvalue weighted by Gasteiger charge is 2.42. The van der Waals surface area contributed by atoms with E-state index >= 15 is 0 Å². The quantitative estimate of drug-likeness (QED) is 0.777. The van der Waals surface area contributed by atoms with E-state index in [-0.39, 0.29) is 11.4 Å². The van der Waals surface area contributed by atoms with Crippen molar-refractivity contribution >= 4 is 5.91 Å². The van der Waals surface area contributed by atoms with Crippen molar-refractivity contribution in [1.29, 1.82) is 0 Å². The fourth-order valence-electron chi connectivity index (χ4n) is 1.67. The Hall–Kier alpha value is -1.35. The predicted octanol–water partition coefficient (Wildman–Crippen LogP) is 1.22. The van der Waals surface area contributed by atoms with Crippen LogP contribution >= 0.6 is 0 Å². The van der Waals surface area contributed by atoms with E-state index in [1.54, 1.807) is 0 Å². The highest BCUT2D eigenvalue weighted by molar-refractivity contribution is 5.96. The SMILES string of the molecule is Cc1ccccc1C(=O)NC1(CN)CC1. The molecular weight excluding hydrogens is 188 g/mol. The summed E-state index contributed by atoms with van der Waals surface area (Å²) in [4.78, 5) is 11.9. The Labute approximate surface area is 89.7 Å². The van der Waals surface area contributed by atoms with E-state index in [1.807, 2.05) is 31.2 Å². The van der Waals surface area contributed by atoms with E-state index in [9.17, 15) is 4.79 Å². The molecule has 1 aliphatic rings. The highest BCUT2D eigenvalue weighted by atomic mass is 16.1. The number of aryl methyl sites for hydroxylation is 1. The summed E-state index contributed by atoms with van der Waals surface area (Å²) in [5.74, 6) is -0.00366. The average molecular weight is 204 g/mol. The number of nitrogens with one attached hydrogen (secondary N) is 1. The van der Waals surface area contributed by atoms with Crippen LogP contribution in [-0.2, 0) is 0 Å². The molecule has 0 aromatic heterocycles. The van der Waals surface area contributed by atoms with Gasteiger partial charge in [-0.25, -0.2) is 0 Å². The zero-order valence-electron chi connectivity index (χ0n) is 8.92. The standard InChI is InChI=1S/C12H16N2O/c1-9-4-2-3-5-10(9)11(15)14-12(8-13)6-7-12/h2-5H,6-8,13H2,1H3,(H,14,15). The van der Waals surface area contributed by atoms with Crippen LogP contribution in [0, 0.1) is 6.92 Å². The van der Waals surface area contributed by atoms with Crippen LogP contribution in [0.25, 0.3) is 0 Å². The molecule has 1 fully saturated rings. The van der Waals surface area contributed by atoms with Crippen LogP contribution in [0.3, 0.4) is 0 Å². The molecule has 0 unspecified atom stereocenters. The summed E-state index contributed by atoms with van der Waals surface area (Å²) in [5.41, 5.74) is 7.26. The summed E-state index contributed by atoms with van der Waals surface area (Å²) in [6, 6.07) is 7.60. The van der Waals surface area contributed by atoms with Crippen molar-refractivity contribution in [3.8, 4) is 0 Å². The molecule has 1 saturated carbocycles. The molecular formula is C12H16N2O. The minimum atomic E-state index is -0.112. The van der Waals surface area contributed by atoms with Crippen LogP contribution in [0.5, 0.6) is 0 Å². The summed E-state index contributed by atoms with van der Waals surface area (Å²) in [5, 5.41) is 3.01. The molecule has 0 radical (unpaired) electrons. The fourth-order valence-corrected chi connectivity index (χ4v) is 1.67. The third kappa shape index (κ3) is 2.02. The van der Waals surface area contributed by atoms with Gasteiger partial charge >= 0.3 is 0 Å². The minimum absolute atomic E-state index is 0.00366. The monoisotopic (exact) mass is 204 g/mol. The highest BCUT2D eigenvalue weighted by Crippen LogP contribution is 2.34. The van der Waals surface area contributed by atoms with Gasteiger partial charge in [0.25, 0.3) is 5.91 Å². The molecule has 80 valence electrons. The smallest absolute Gasteiger partial charge is 0.252 e. The van der Waals surface area contributed by atoms with Crippen molar-refractivity contribution in [2.45, 2.75) is 25.3 Å². The lowest BCUT2D eigenvalue weighted by atomic mass is 10.1. The molecule has 0 spiro atoms. The van der Waals surface area contributed by atoms with Gasteiger partial charge in [0.1, 0.15) is 0 Å². The Morgan fingerprint density at radius 1 is 1.47 bits per heavy atom. The minimum Gasteiger partial charge on any atom is -0.345 e. The largest absolute Gasteiger partial charge is 0.345 e. The molecule has 0 atom stereocenters. The van der Waals surface area contributed by atoms with Gasteiger partial charge in [0, 0.05) is 12.1 Å². The van der Waals surface area contributed by atoms with Crippen LogP contribution in [0.15, 0.2) is 24.3 Å². The van der Waals surface area contributed by atoms with E-state index in [0.717, 1.165) is 24.0 Å². The molecule has 1 aromatic rings. The summed E-state index contributed by atoms with van der Waals surface area (Å²) in [6.45, 7) is 2.47. The van der Waals surface area contributed by atoms with Gasteiger partial charge in [-0.05, 0) is 31.4 Å². The predicted molar refractivity (Wildman–Crippen MR) is 59.7 cm³/mol. The molecule has 0 heterocycles. The first-order valence-electron chi connectivity index (χ1n) is 5.25. The molecule has 1 aromatic carbocycles. The van der Waals surface area contributed by atoms with Crippen LogP contribution in [-0.4, -0.2) is 18.0 Å². The van der Waals surface area contributed by atoms with Gasteiger partial charge in [-0.1, -0.05) is 18.2 Å². The summed E-state index contributed by atoms with van der Waals surface area (Å²) < 4.78 is 0. The van der Waals surface area contributed by atoms with Gasteiger partial charge < -0.3 is 11.1 Å². The second-order valence-electron chi connectivity index (χ2n) is 4.25. The first-order chi connectivity index (χ1) is 7.17. The Morgan fingerprint density at radius 2 is 2.13 bits per heavy atom. The van der Waals surface area contributed by atoms with Crippen molar-refractivity contribution in [2.24, 2.45) is 5.73 Å². The maximum Gasteiger partial charge on any atom is 0.252 e. The first-order valence-corrected chi connectivity index (χ1v) is 5.25. The van der Waals surface area contributed by atoms with E-state index in [0.29, 0.717) is 6.54 Å². The van der Waals surface area contributed by atoms with Gasteiger partial charge in [0.2, 0.25) is 0 Å². The van der Waals surface area contributed by atoms with Crippen LogP contribution < -0.4 is 11.1 Å². The molecule has 3 nitrogen and oxygen atoms in total. The second kappa shape index (κ2) is 3.66. The Kier molecular flexibility index (Phi) is 2.49. The van der Waals surface area contributed by atoms with Crippen molar-refractivity contribution in [3.63, 3.8) is 0 Å². The second-order valence-corrected chi connectivity index (χ2v) is 4.25. The summed E-state index contributed by atoms with van der Waals surface area (Å²) >= 11 is 0. The molecule has 1 aliphatic carbocycles.